The second kappa shape index (κ2) is 5.66. The van der Waals surface area contributed by atoms with Crippen LogP contribution in [0.3, 0.4) is 0 Å². The average Bonchev–Trinajstić information content (AvgIpc) is 2.83. The van der Waals surface area contributed by atoms with Crippen LogP contribution >= 0.6 is 27.5 Å². The minimum atomic E-state index is -0.440. The number of nitrogens with zero attached hydrogens (tertiary/aromatic N) is 3. The third kappa shape index (κ3) is 3.30. The number of carbonyl (C=O) groups is 1. The number of hydrogen-bond donors (Lipinski definition) is 2. The Morgan fingerprint density at radius 3 is 2.89 bits per heavy atom. The molecule has 0 aromatic carbocycles. The zero-order valence-corrected chi connectivity index (χ0v) is 12.6. The van der Waals surface area contributed by atoms with E-state index < -0.39 is 5.91 Å². The molecule has 0 saturated heterocycles. The summed E-state index contributed by atoms with van der Waals surface area (Å²) in [7, 11) is 0. The molecule has 2 aromatic rings. The number of aromatic amines is 1. The molecule has 19 heavy (non-hydrogen) atoms. The molecule has 0 spiro atoms. The third-order valence-electron chi connectivity index (χ3n) is 2.31. The van der Waals surface area contributed by atoms with Crippen molar-refractivity contribution in [2.75, 3.05) is 5.32 Å². The highest BCUT2D eigenvalue weighted by atomic mass is 79.9. The maximum Gasteiger partial charge on any atom is 0.295 e. The van der Waals surface area contributed by atoms with Gasteiger partial charge in [-0.1, -0.05) is 25.4 Å². The normalized spacial score (nSPS) is 10.8. The molecule has 6 nitrogen and oxygen atoms in total. The van der Waals surface area contributed by atoms with Gasteiger partial charge >= 0.3 is 0 Å². The van der Waals surface area contributed by atoms with Crippen molar-refractivity contribution in [3.63, 3.8) is 0 Å². The van der Waals surface area contributed by atoms with Gasteiger partial charge in [-0.3, -0.25) is 9.89 Å². The fourth-order valence-electron chi connectivity index (χ4n) is 1.32. The number of aromatic nitrogens is 4. The molecule has 2 N–H and O–H groups in total. The maximum atomic E-state index is 12.0. The fourth-order valence-corrected chi connectivity index (χ4v) is 1.80. The molecule has 2 heterocycles. The number of halogens is 2. The van der Waals surface area contributed by atoms with Crippen LogP contribution in [0.25, 0.3) is 0 Å². The summed E-state index contributed by atoms with van der Waals surface area (Å²) in [5.41, 5.74) is 0.400. The van der Waals surface area contributed by atoms with Gasteiger partial charge < -0.3 is 5.32 Å². The van der Waals surface area contributed by atoms with Gasteiger partial charge in [0.2, 0.25) is 5.82 Å². The molecular weight excluding hydrogens is 334 g/mol. The Kier molecular flexibility index (Phi) is 4.16. The number of rotatable bonds is 3. The van der Waals surface area contributed by atoms with Gasteiger partial charge in [0.05, 0.1) is 5.69 Å². The lowest BCUT2D eigenvalue weighted by molar-refractivity contribution is 0.101. The number of amides is 1. The number of carbonyl (C=O) groups excluding carboxylic acids is 1. The third-order valence-corrected chi connectivity index (χ3v) is 3.04. The summed E-state index contributed by atoms with van der Waals surface area (Å²) in [4.78, 5) is 20.0. The molecule has 0 aliphatic rings. The van der Waals surface area contributed by atoms with Crippen molar-refractivity contribution in [1.29, 1.82) is 0 Å². The molecule has 0 saturated carbocycles. The Hall–Kier alpha value is -1.47. The van der Waals surface area contributed by atoms with Crippen LogP contribution in [0.5, 0.6) is 0 Å². The first kappa shape index (κ1) is 14.0. The number of nitrogens with one attached hydrogen (secondary N) is 2. The summed E-state index contributed by atoms with van der Waals surface area (Å²) < 4.78 is 0.713. The molecule has 0 radical (unpaired) electrons. The van der Waals surface area contributed by atoms with Crippen LogP contribution in [0.15, 0.2) is 16.7 Å². The van der Waals surface area contributed by atoms with Crippen LogP contribution in [-0.4, -0.2) is 26.1 Å². The molecule has 1 amide bonds. The predicted molar refractivity (Wildman–Crippen MR) is 75.4 cm³/mol. The van der Waals surface area contributed by atoms with E-state index in [1.54, 1.807) is 12.3 Å². The van der Waals surface area contributed by atoms with Gasteiger partial charge in [0, 0.05) is 16.6 Å². The Morgan fingerprint density at radius 1 is 1.53 bits per heavy atom. The van der Waals surface area contributed by atoms with Crippen molar-refractivity contribution in [1.82, 2.24) is 20.2 Å². The second-order valence-electron chi connectivity index (χ2n) is 4.14. The molecule has 0 unspecified atom stereocenters. The summed E-state index contributed by atoms with van der Waals surface area (Å²) in [6, 6.07) is 1.66. The van der Waals surface area contributed by atoms with E-state index in [9.17, 15) is 4.79 Å². The minimum Gasteiger partial charge on any atom is -0.316 e. The fraction of sp³-hybridized carbons (Fsp3) is 0.273. The van der Waals surface area contributed by atoms with E-state index in [-0.39, 0.29) is 16.9 Å². The smallest absolute Gasteiger partial charge is 0.295 e. The topological polar surface area (TPSA) is 83.6 Å². The van der Waals surface area contributed by atoms with E-state index in [4.69, 9.17) is 11.6 Å². The molecule has 0 bridgehead atoms. The van der Waals surface area contributed by atoms with E-state index in [0.29, 0.717) is 16.0 Å². The van der Waals surface area contributed by atoms with E-state index in [1.807, 2.05) is 13.8 Å². The summed E-state index contributed by atoms with van der Waals surface area (Å²) >= 11 is 9.14. The minimum absolute atomic E-state index is 0.0692. The highest BCUT2D eigenvalue weighted by Crippen LogP contribution is 2.23. The van der Waals surface area contributed by atoms with Crippen LogP contribution in [0.1, 0.15) is 36.2 Å². The number of pyridine rings is 1. The molecule has 2 rings (SSSR count). The first-order chi connectivity index (χ1) is 8.97. The van der Waals surface area contributed by atoms with Crippen LogP contribution in [0.2, 0.25) is 5.15 Å². The lowest BCUT2D eigenvalue weighted by Gasteiger charge is -2.04. The number of H-pyrrole nitrogens is 1. The van der Waals surface area contributed by atoms with Crippen molar-refractivity contribution in [2.45, 2.75) is 19.8 Å². The lowest BCUT2D eigenvalue weighted by Crippen LogP contribution is -2.14. The summed E-state index contributed by atoms with van der Waals surface area (Å²) in [5, 5.41) is 9.40. The first-order valence-electron chi connectivity index (χ1n) is 5.52. The molecule has 0 aliphatic carbocycles. The summed E-state index contributed by atoms with van der Waals surface area (Å²) in [6.45, 7) is 3.91. The highest BCUT2D eigenvalue weighted by Gasteiger charge is 2.15. The van der Waals surface area contributed by atoms with E-state index in [0.717, 1.165) is 0 Å². The van der Waals surface area contributed by atoms with Gasteiger partial charge in [0.25, 0.3) is 5.91 Å². The van der Waals surface area contributed by atoms with E-state index in [2.05, 4.69) is 41.4 Å². The molecule has 0 aliphatic heterocycles. The average molecular weight is 345 g/mol. The molecule has 0 fully saturated rings. The van der Waals surface area contributed by atoms with Gasteiger partial charge in [-0.25, -0.2) is 9.97 Å². The SMILES string of the molecule is CC(C)c1nc(C(=O)Nc2cc(Br)cnc2Cl)n[nH]1. The Labute approximate surface area is 123 Å². The van der Waals surface area contributed by atoms with Crippen molar-refractivity contribution < 1.29 is 4.79 Å². The molecule has 2 aromatic heterocycles. The van der Waals surface area contributed by atoms with Crippen molar-refractivity contribution in [3.8, 4) is 0 Å². The molecule has 8 heteroatoms. The van der Waals surface area contributed by atoms with Crippen molar-refractivity contribution >= 4 is 39.1 Å². The van der Waals surface area contributed by atoms with Gasteiger partial charge in [-0.15, -0.1) is 5.10 Å². The Bertz CT molecular complexity index is 613. The zero-order chi connectivity index (χ0) is 14.0. The monoisotopic (exact) mass is 343 g/mol. The second-order valence-corrected chi connectivity index (χ2v) is 5.42. The Morgan fingerprint density at radius 2 is 2.26 bits per heavy atom. The van der Waals surface area contributed by atoms with Crippen molar-refractivity contribution in [2.24, 2.45) is 0 Å². The molecule has 100 valence electrons. The van der Waals surface area contributed by atoms with Gasteiger partial charge in [-0.2, -0.15) is 0 Å². The van der Waals surface area contributed by atoms with Crippen LogP contribution in [0, 0.1) is 0 Å². The quantitative estimate of drug-likeness (QED) is 0.838. The zero-order valence-electron chi connectivity index (χ0n) is 10.2. The highest BCUT2D eigenvalue weighted by molar-refractivity contribution is 9.10. The van der Waals surface area contributed by atoms with Crippen LogP contribution in [-0.2, 0) is 0 Å². The van der Waals surface area contributed by atoms with Crippen LogP contribution < -0.4 is 5.32 Å². The first-order valence-corrected chi connectivity index (χ1v) is 6.69. The maximum absolute atomic E-state index is 12.0. The summed E-state index contributed by atoms with van der Waals surface area (Å²) in [6.07, 6.45) is 1.54. The van der Waals surface area contributed by atoms with E-state index in [1.165, 1.54) is 0 Å². The lowest BCUT2D eigenvalue weighted by atomic mass is 10.2. The van der Waals surface area contributed by atoms with Gasteiger partial charge in [-0.05, 0) is 22.0 Å². The van der Waals surface area contributed by atoms with Crippen LogP contribution in [0.4, 0.5) is 5.69 Å². The molecule has 0 atom stereocenters. The van der Waals surface area contributed by atoms with Crippen molar-refractivity contribution in [3.05, 3.63) is 33.5 Å². The number of hydrogen-bond acceptors (Lipinski definition) is 4. The predicted octanol–water partition coefficient (Wildman–Crippen LogP) is 2.99. The van der Waals surface area contributed by atoms with Gasteiger partial charge in [0.15, 0.2) is 5.15 Å². The van der Waals surface area contributed by atoms with Gasteiger partial charge in [0.1, 0.15) is 5.82 Å². The van der Waals surface area contributed by atoms with E-state index >= 15 is 0 Å². The standard InChI is InChI=1S/C11H11BrClN5O/c1-5(2)9-16-10(18-17-9)11(19)15-7-3-6(12)4-14-8(7)13/h3-5H,1-2H3,(H,15,19)(H,16,17,18). The number of anilines is 1. The molecular formula is C11H11BrClN5O. The largest absolute Gasteiger partial charge is 0.316 e. The summed E-state index contributed by atoms with van der Waals surface area (Å²) in [5.74, 6) is 0.457. The Balaban J connectivity index is 2.18.